The van der Waals surface area contributed by atoms with Crippen LogP contribution in [0, 0.1) is 0 Å². The van der Waals surface area contributed by atoms with Crippen molar-refractivity contribution in [2.24, 2.45) is 0 Å². The van der Waals surface area contributed by atoms with Gasteiger partial charge < -0.3 is 10.1 Å². The van der Waals surface area contributed by atoms with Gasteiger partial charge in [0.05, 0.1) is 23.9 Å². The number of carbonyl (C=O) groups excluding carboxylic acids is 2. The molecule has 0 aliphatic carbocycles. The molecule has 0 radical (unpaired) electrons. The van der Waals surface area contributed by atoms with Crippen molar-refractivity contribution in [1.82, 2.24) is 4.90 Å². The number of anilines is 1. The average molecular weight is 366 g/mol. The molecule has 0 aromatic heterocycles. The predicted octanol–water partition coefficient (Wildman–Crippen LogP) is 3.35. The van der Waals surface area contributed by atoms with E-state index in [1.54, 1.807) is 30.3 Å². The Hall–Kier alpha value is -2.50. The molecule has 1 amide bonds. The Bertz CT molecular complexity index is 796. The smallest absolute Gasteiger partial charge is 0.241 e. The number of para-hydroxylation sites is 1. The number of rotatable bonds is 5. The minimum atomic E-state index is -0.307. The third-order valence-corrected chi connectivity index (χ3v) is 4.84. The summed E-state index contributed by atoms with van der Waals surface area (Å²) in [6, 6.07) is 15.9. The molecule has 27 heavy (non-hydrogen) atoms. The molecular weight excluding hydrogens is 340 g/mol. The van der Waals surface area contributed by atoms with Gasteiger partial charge in [0.15, 0.2) is 5.78 Å². The number of ketones is 1. The summed E-state index contributed by atoms with van der Waals surface area (Å²) in [5.74, 6) is -0.225. The van der Waals surface area contributed by atoms with E-state index in [9.17, 15) is 9.59 Å². The fourth-order valence-corrected chi connectivity index (χ4v) is 3.47. The number of hydrogen-bond donors (Lipinski definition) is 1. The van der Waals surface area contributed by atoms with Crippen LogP contribution in [0.4, 0.5) is 5.69 Å². The van der Waals surface area contributed by atoms with Crippen molar-refractivity contribution in [1.29, 1.82) is 0 Å². The molecule has 1 saturated heterocycles. The van der Waals surface area contributed by atoms with Crippen molar-refractivity contribution in [3.63, 3.8) is 0 Å². The van der Waals surface area contributed by atoms with Gasteiger partial charge in [0.2, 0.25) is 5.91 Å². The van der Waals surface area contributed by atoms with Gasteiger partial charge in [-0.25, -0.2) is 0 Å². The molecule has 1 heterocycles. The number of benzene rings is 2. The maximum absolute atomic E-state index is 12.8. The predicted molar refractivity (Wildman–Crippen MR) is 106 cm³/mol. The summed E-state index contributed by atoms with van der Waals surface area (Å²) in [4.78, 5) is 27.8. The molecule has 3 unspecified atom stereocenters. The zero-order chi connectivity index (χ0) is 19.4. The molecule has 2 aromatic rings. The molecule has 1 fully saturated rings. The van der Waals surface area contributed by atoms with Crippen LogP contribution in [0.15, 0.2) is 54.6 Å². The van der Waals surface area contributed by atoms with Crippen molar-refractivity contribution in [3.05, 3.63) is 65.7 Å². The molecule has 142 valence electrons. The SMILES string of the molecule is CC1CN(C(C)C(=O)Nc2ccccc2C(=O)c2ccccc2)CC(C)O1. The van der Waals surface area contributed by atoms with E-state index >= 15 is 0 Å². The molecule has 1 N–H and O–H groups in total. The summed E-state index contributed by atoms with van der Waals surface area (Å²) in [6.45, 7) is 7.34. The summed E-state index contributed by atoms with van der Waals surface area (Å²) in [5.41, 5.74) is 1.63. The van der Waals surface area contributed by atoms with Crippen LogP contribution in [0.5, 0.6) is 0 Å². The first-order valence-electron chi connectivity index (χ1n) is 9.35. The van der Waals surface area contributed by atoms with Gasteiger partial charge >= 0.3 is 0 Å². The number of hydrogen-bond acceptors (Lipinski definition) is 4. The molecule has 0 saturated carbocycles. The van der Waals surface area contributed by atoms with E-state index in [-0.39, 0.29) is 29.9 Å². The summed E-state index contributed by atoms with van der Waals surface area (Å²) in [7, 11) is 0. The van der Waals surface area contributed by atoms with Crippen molar-refractivity contribution in [2.75, 3.05) is 18.4 Å². The van der Waals surface area contributed by atoms with E-state index in [1.165, 1.54) is 0 Å². The lowest BCUT2D eigenvalue weighted by molar-refractivity contribution is -0.126. The van der Waals surface area contributed by atoms with Crippen LogP contribution >= 0.6 is 0 Å². The van der Waals surface area contributed by atoms with Crippen LogP contribution in [0.2, 0.25) is 0 Å². The molecule has 0 bridgehead atoms. The Morgan fingerprint density at radius 3 is 2.26 bits per heavy atom. The number of amides is 1. The van der Waals surface area contributed by atoms with E-state index in [4.69, 9.17) is 4.74 Å². The largest absolute Gasteiger partial charge is 0.373 e. The zero-order valence-electron chi connectivity index (χ0n) is 16.0. The molecular formula is C22H26N2O3. The van der Waals surface area contributed by atoms with Gasteiger partial charge in [0, 0.05) is 24.2 Å². The van der Waals surface area contributed by atoms with Gasteiger partial charge in [0.1, 0.15) is 0 Å². The van der Waals surface area contributed by atoms with Crippen molar-refractivity contribution in [3.8, 4) is 0 Å². The maximum Gasteiger partial charge on any atom is 0.241 e. The fourth-order valence-electron chi connectivity index (χ4n) is 3.47. The Morgan fingerprint density at radius 1 is 1.00 bits per heavy atom. The van der Waals surface area contributed by atoms with Crippen molar-refractivity contribution >= 4 is 17.4 Å². The molecule has 5 heteroatoms. The first kappa shape index (κ1) is 19.3. The van der Waals surface area contributed by atoms with Gasteiger partial charge in [-0.05, 0) is 32.9 Å². The lowest BCUT2D eigenvalue weighted by atomic mass is 10.0. The molecule has 2 aromatic carbocycles. The second kappa shape index (κ2) is 8.46. The molecule has 3 rings (SSSR count). The van der Waals surface area contributed by atoms with Crippen LogP contribution in [0.25, 0.3) is 0 Å². The topological polar surface area (TPSA) is 58.6 Å². The van der Waals surface area contributed by atoms with Crippen LogP contribution in [-0.4, -0.2) is 47.9 Å². The van der Waals surface area contributed by atoms with Gasteiger partial charge in [-0.3, -0.25) is 14.5 Å². The number of ether oxygens (including phenoxy) is 1. The number of nitrogens with one attached hydrogen (secondary N) is 1. The third-order valence-electron chi connectivity index (χ3n) is 4.84. The van der Waals surface area contributed by atoms with Gasteiger partial charge in [-0.2, -0.15) is 0 Å². The first-order chi connectivity index (χ1) is 13.0. The minimum Gasteiger partial charge on any atom is -0.373 e. The third kappa shape index (κ3) is 4.62. The first-order valence-corrected chi connectivity index (χ1v) is 9.35. The lowest BCUT2D eigenvalue weighted by Crippen LogP contribution is -2.52. The lowest BCUT2D eigenvalue weighted by Gasteiger charge is -2.38. The Kier molecular flexibility index (Phi) is 6.04. The van der Waals surface area contributed by atoms with E-state index in [1.807, 2.05) is 45.0 Å². The average Bonchev–Trinajstić information content (AvgIpc) is 2.67. The monoisotopic (exact) mass is 366 g/mol. The zero-order valence-corrected chi connectivity index (χ0v) is 16.0. The highest BCUT2D eigenvalue weighted by molar-refractivity contribution is 6.14. The summed E-state index contributed by atoms with van der Waals surface area (Å²) < 4.78 is 5.75. The summed E-state index contributed by atoms with van der Waals surface area (Å²) in [6.07, 6.45) is 0.187. The van der Waals surface area contributed by atoms with Gasteiger partial charge in [-0.1, -0.05) is 42.5 Å². The van der Waals surface area contributed by atoms with E-state index in [0.717, 1.165) is 0 Å². The maximum atomic E-state index is 12.8. The normalized spacial score (nSPS) is 21.4. The van der Waals surface area contributed by atoms with E-state index in [2.05, 4.69) is 10.2 Å². The number of carbonyl (C=O) groups is 2. The highest BCUT2D eigenvalue weighted by Gasteiger charge is 2.29. The van der Waals surface area contributed by atoms with Crippen molar-refractivity contribution < 1.29 is 14.3 Å². The Morgan fingerprint density at radius 2 is 1.59 bits per heavy atom. The highest BCUT2D eigenvalue weighted by atomic mass is 16.5. The van der Waals surface area contributed by atoms with Crippen LogP contribution in [0.1, 0.15) is 36.7 Å². The Balaban J connectivity index is 1.76. The highest BCUT2D eigenvalue weighted by Crippen LogP contribution is 2.21. The summed E-state index contributed by atoms with van der Waals surface area (Å²) in [5, 5.41) is 2.95. The number of nitrogens with zero attached hydrogens (tertiary/aromatic N) is 1. The Labute approximate surface area is 160 Å². The van der Waals surface area contributed by atoms with Crippen LogP contribution < -0.4 is 5.32 Å². The van der Waals surface area contributed by atoms with E-state index in [0.29, 0.717) is 29.9 Å². The molecule has 1 aliphatic heterocycles. The minimum absolute atomic E-state index is 0.0935. The quantitative estimate of drug-likeness (QED) is 0.825. The van der Waals surface area contributed by atoms with Crippen LogP contribution in [-0.2, 0) is 9.53 Å². The molecule has 1 aliphatic rings. The fraction of sp³-hybridized carbons (Fsp3) is 0.364. The molecule has 5 nitrogen and oxygen atoms in total. The number of morpholine rings is 1. The second-order valence-corrected chi connectivity index (χ2v) is 7.12. The van der Waals surface area contributed by atoms with Crippen LogP contribution in [0.3, 0.4) is 0 Å². The van der Waals surface area contributed by atoms with Gasteiger partial charge in [0.25, 0.3) is 0 Å². The van der Waals surface area contributed by atoms with E-state index < -0.39 is 0 Å². The second-order valence-electron chi connectivity index (χ2n) is 7.12. The summed E-state index contributed by atoms with van der Waals surface area (Å²) >= 11 is 0. The molecule has 0 spiro atoms. The van der Waals surface area contributed by atoms with Gasteiger partial charge in [-0.15, -0.1) is 0 Å². The molecule has 3 atom stereocenters. The van der Waals surface area contributed by atoms with Crippen molar-refractivity contribution in [2.45, 2.75) is 39.0 Å². The standard InChI is InChI=1S/C22H26N2O3/c1-15-13-24(14-16(2)27-15)17(3)22(26)23-20-12-8-7-11-19(20)21(25)18-9-5-4-6-10-18/h4-12,15-17H,13-14H2,1-3H3,(H,23,26).